The third-order valence-electron chi connectivity index (χ3n) is 17.5. The van der Waals surface area contributed by atoms with E-state index >= 15 is 0 Å². The number of halogens is 1. The fraction of sp³-hybridized carbons (Fsp3) is 0.740. The molecule has 6 rings (SSSR count). The highest BCUT2D eigenvalue weighted by atomic mass is 35.5. The number of benzene rings is 1. The topological polar surface area (TPSA) is 156 Å². The fourth-order valence-corrected chi connectivity index (χ4v) is 14.0. The molecule has 0 spiro atoms. The summed E-state index contributed by atoms with van der Waals surface area (Å²) in [5.41, 5.74) is -0.716. The van der Waals surface area contributed by atoms with Crippen molar-refractivity contribution in [2.24, 2.45) is 61.6 Å². The van der Waals surface area contributed by atoms with Crippen LogP contribution >= 0.6 is 11.6 Å². The predicted molar refractivity (Wildman–Crippen MR) is 234 cm³/mol. The number of aliphatic carboxylic acids is 2. The number of esters is 2. The van der Waals surface area contributed by atoms with Gasteiger partial charge in [0.25, 0.3) is 0 Å². The van der Waals surface area contributed by atoms with Gasteiger partial charge in [0, 0.05) is 35.4 Å². The first-order chi connectivity index (χ1) is 28.2. The van der Waals surface area contributed by atoms with E-state index in [0.717, 1.165) is 56.1 Å². The Morgan fingerprint density at radius 3 is 2.00 bits per heavy atom. The highest BCUT2D eigenvalue weighted by Crippen LogP contribution is 2.77. The Labute approximate surface area is 368 Å². The smallest absolute Gasteiger partial charge is 0.309 e. The monoisotopic (exact) mass is 865 g/mol. The van der Waals surface area contributed by atoms with Crippen LogP contribution in [0.5, 0.6) is 0 Å². The van der Waals surface area contributed by atoms with Crippen LogP contribution in [0.3, 0.4) is 0 Å². The van der Waals surface area contributed by atoms with Crippen LogP contribution in [0.1, 0.15) is 152 Å². The van der Waals surface area contributed by atoms with Gasteiger partial charge in [0.05, 0.1) is 23.7 Å². The second kappa shape index (κ2) is 16.4. The van der Waals surface area contributed by atoms with Crippen LogP contribution in [0.25, 0.3) is 0 Å². The van der Waals surface area contributed by atoms with Gasteiger partial charge in [-0.3, -0.25) is 24.0 Å². The lowest BCUT2D eigenvalue weighted by atomic mass is 9.33. The van der Waals surface area contributed by atoms with Crippen LogP contribution in [0.4, 0.5) is 0 Å². The van der Waals surface area contributed by atoms with Crippen molar-refractivity contribution in [2.45, 2.75) is 166 Å². The minimum absolute atomic E-state index is 0.0188. The van der Waals surface area contributed by atoms with Gasteiger partial charge in [-0.15, -0.1) is 0 Å². The van der Waals surface area contributed by atoms with Crippen molar-refractivity contribution in [3.63, 3.8) is 0 Å². The van der Waals surface area contributed by atoms with Gasteiger partial charge in [-0.2, -0.15) is 0 Å². The quantitative estimate of drug-likeness (QED) is 0.154. The summed E-state index contributed by atoms with van der Waals surface area (Å²) in [4.78, 5) is 65.5. The number of nitrogens with one attached hydrogen (secondary N) is 1. The molecule has 4 saturated carbocycles. The molecule has 3 N–H and O–H groups in total. The van der Waals surface area contributed by atoms with E-state index in [1.54, 1.807) is 13.8 Å². The highest BCUT2D eigenvalue weighted by Gasteiger charge is 2.71. The lowest BCUT2D eigenvalue weighted by Crippen LogP contribution is -2.66. The number of fused-ring (bicyclic) bond motifs is 7. The average Bonchev–Trinajstić information content (AvgIpc) is 3.46. The number of carboxylic acid groups (broad SMARTS) is 2. The summed E-state index contributed by atoms with van der Waals surface area (Å²) in [6, 6.07) is 7.59. The molecule has 0 bridgehead atoms. The Kier molecular flexibility index (Phi) is 12.7. The molecule has 11 heteroatoms. The van der Waals surface area contributed by atoms with Crippen molar-refractivity contribution in [1.82, 2.24) is 5.32 Å². The van der Waals surface area contributed by atoms with Crippen molar-refractivity contribution in [3.8, 4) is 0 Å². The summed E-state index contributed by atoms with van der Waals surface area (Å²) in [7, 11) is 0. The summed E-state index contributed by atoms with van der Waals surface area (Å²) in [5.74, 6) is -2.22. The van der Waals surface area contributed by atoms with Crippen LogP contribution in [-0.2, 0) is 40.0 Å². The molecule has 0 aromatic heterocycles. The Balaban J connectivity index is 1.33. The molecule has 5 aliphatic carbocycles. The maximum Gasteiger partial charge on any atom is 0.309 e. The first-order valence-electron chi connectivity index (χ1n) is 22.7. The SMILES string of the molecule is CC(C)C1=C2[C@H]3CCC4[C@@]5(C)CC[C@H](OC(=O)CC(C)(C)C(=O)O)C(C)(C)C5CC[C@@]4(C)[C@]3(C)CC[C@@]2([C@@H](CNCc2ccc(Cl)cc2)OC(=O)CC(C)(C)C(=O)O)CC1=O. The fourth-order valence-electron chi connectivity index (χ4n) is 13.8. The number of carbonyl (C=O) groups is 5. The molecule has 0 heterocycles. The van der Waals surface area contributed by atoms with Crippen molar-refractivity contribution >= 4 is 41.3 Å². The molecule has 0 radical (unpaired) electrons. The molecule has 1 aromatic carbocycles. The lowest BCUT2D eigenvalue weighted by molar-refractivity contribution is -0.235. The number of ether oxygens (including phenoxy) is 2. The Morgan fingerprint density at radius 2 is 1.41 bits per heavy atom. The molecule has 1 aromatic rings. The van der Waals surface area contributed by atoms with E-state index in [1.165, 1.54) is 19.4 Å². The second-order valence-corrected chi connectivity index (χ2v) is 23.1. The maximum absolute atomic E-state index is 14.5. The minimum atomic E-state index is -1.32. The average molecular weight is 867 g/mol. The van der Waals surface area contributed by atoms with Gasteiger partial charge in [0.15, 0.2) is 5.78 Å². The summed E-state index contributed by atoms with van der Waals surface area (Å²) in [6.07, 6.45) is 5.87. The van der Waals surface area contributed by atoms with Crippen LogP contribution in [0.2, 0.25) is 5.02 Å². The van der Waals surface area contributed by atoms with E-state index < -0.39 is 46.2 Å². The van der Waals surface area contributed by atoms with Crippen molar-refractivity contribution < 1.29 is 43.7 Å². The van der Waals surface area contributed by atoms with Gasteiger partial charge >= 0.3 is 23.9 Å². The van der Waals surface area contributed by atoms with Crippen LogP contribution in [-0.4, -0.2) is 58.6 Å². The Hall–Kier alpha value is -3.24. The van der Waals surface area contributed by atoms with E-state index in [2.05, 4.69) is 53.8 Å². The normalized spacial score (nSPS) is 33.8. The van der Waals surface area contributed by atoms with E-state index in [9.17, 15) is 34.2 Å². The summed E-state index contributed by atoms with van der Waals surface area (Å²) in [5, 5.41) is 23.8. The first kappa shape index (κ1) is 47.2. The zero-order valence-corrected chi connectivity index (χ0v) is 39.4. The number of ketones is 1. The van der Waals surface area contributed by atoms with Crippen LogP contribution in [0, 0.1) is 61.6 Å². The van der Waals surface area contributed by atoms with E-state index in [0.29, 0.717) is 36.4 Å². The molecule has 0 aliphatic heterocycles. The maximum atomic E-state index is 14.5. The Morgan fingerprint density at radius 1 is 0.803 bits per heavy atom. The molecule has 4 fully saturated rings. The number of hydrogen-bond acceptors (Lipinski definition) is 8. The summed E-state index contributed by atoms with van der Waals surface area (Å²) < 4.78 is 12.7. The molecule has 338 valence electrons. The van der Waals surface area contributed by atoms with Gasteiger partial charge in [-0.05, 0) is 148 Å². The molecule has 0 amide bonds. The van der Waals surface area contributed by atoms with Crippen LogP contribution < -0.4 is 5.32 Å². The number of rotatable bonds is 14. The molecule has 10 nitrogen and oxygen atoms in total. The number of allylic oxidation sites excluding steroid dienone is 1. The van der Waals surface area contributed by atoms with Gasteiger partial charge in [0.2, 0.25) is 0 Å². The van der Waals surface area contributed by atoms with E-state index in [1.807, 2.05) is 24.3 Å². The largest absolute Gasteiger partial charge is 0.481 e. The first-order valence-corrected chi connectivity index (χ1v) is 23.1. The van der Waals surface area contributed by atoms with Crippen molar-refractivity contribution in [3.05, 3.63) is 46.0 Å². The van der Waals surface area contributed by atoms with Gasteiger partial charge in [-0.1, -0.05) is 72.2 Å². The highest BCUT2D eigenvalue weighted by molar-refractivity contribution is 6.30. The standard InChI is InChI=1S/C50H72ClNO9/c1-29(2)40-33(53)24-50(37(61-39(55)26-45(5,6)43(58)59)28-52-27-30-12-14-31(51)15-13-30)23-22-48(10)32(41(40)50)16-17-35-47(9)20-19-36(60-38(54)25-44(3,4)42(56)57)46(7,8)34(47)18-21-49(35,48)11/h12-15,29,32,34-37,52H,16-28H2,1-11H3,(H,56,57)(H,58,59)/t32-,34?,35?,36+,37-,47+,48-,49-,50+/m1/s1. The lowest BCUT2D eigenvalue weighted by Gasteiger charge is -2.72. The molecular weight excluding hydrogens is 794 g/mol. The van der Waals surface area contributed by atoms with Crippen molar-refractivity contribution in [2.75, 3.05) is 6.54 Å². The van der Waals surface area contributed by atoms with Crippen LogP contribution in [0.15, 0.2) is 35.4 Å². The number of carboxylic acids is 2. The van der Waals surface area contributed by atoms with Gasteiger partial charge in [0.1, 0.15) is 12.2 Å². The number of Topliss-reactive ketones (excluding diaryl/α,β-unsaturated/α-hetero) is 1. The third-order valence-corrected chi connectivity index (χ3v) is 17.7. The summed E-state index contributed by atoms with van der Waals surface area (Å²) >= 11 is 6.18. The number of carbonyl (C=O) groups excluding carboxylic acids is 3. The molecule has 2 unspecified atom stereocenters. The number of hydrogen-bond donors (Lipinski definition) is 3. The van der Waals surface area contributed by atoms with E-state index in [-0.39, 0.29) is 64.6 Å². The minimum Gasteiger partial charge on any atom is -0.481 e. The molecule has 5 aliphatic rings. The predicted octanol–water partition coefficient (Wildman–Crippen LogP) is 10.2. The Bertz CT molecular complexity index is 1950. The summed E-state index contributed by atoms with van der Waals surface area (Å²) in [6.45, 7) is 23.2. The molecular formula is C50H72ClNO9. The molecule has 61 heavy (non-hydrogen) atoms. The van der Waals surface area contributed by atoms with Gasteiger partial charge < -0.3 is 25.0 Å². The molecule has 9 atom stereocenters. The molecule has 0 saturated heterocycles. The van der Waals surface area contributed by atoms with Gasteiger partial charge in [-0.25, -0.2) is 0 Å². The second-order valence-electron chi connectivity index (χ2n) is 22.7. The zero-order valence-electron chi connectivity index (χ0n) is 38.6. The third kappa shape index (κ3) is 8.12. The van der Waals surface area contributed by atoms with Crippen molar-refractivity contribution in [1.29, 1.82) is 0 Å². The zero-order chi connectivity index (χ0) is 45.3. The van der Waals surface area contributed by atoms with E-state index in [4.69, 9.17) is 21.1 Å².